The zero-order chi connectivity index (χ0) is 27.0. The number of anilines is 1. The third kappa shape index (κ3) is 9.64. The molecular weight excluding hydrogens is 621 g/mol. The Hall–Kier alpha value is -2.62. The first kappa shape index (κ1) is 28.9. The van der Waals surface area contributed by atoms with Gasteiger partial charge in [-0.25, -0.2) is 17.2 Å². The van der Waals surface area contributed by atoms with Gasteiger partial charge in [0.2, 0.25) is 21.8 Å². The largest absolute Gasteiger partial charge is 0.446 e. The summed E-state index contributed by atoms with van der Waals surface area (Å²) in [6, 6.07) is 9.90. The van der Waals surface area contributed by atoms with E-state index in [2.05, 4.69) is 42.9 Å². The second kappa shape index (κ2) is 13.3. The highest BCUT2D eigenvalue weighted by atomic mass is 127. The van der Waals surface area contributed by atoms with E-state index in [1.165, 1.54) is 6.92 Å². The molecule has 0 bridgehead atoms. The second-order valence-electron chi connectivity index (χ2n) is 8.29. The maximum Gasteiger partial charge on any atom is 0.233 e. The molecule has 0 unspecified atom stereocenters. The molecule has 0 fully saturated rings. The number of sulfonamides is 1. The van der Waals surface area contributed by atoms with Gasteiger partial charge in [-0.1, -0.05) is 12.1 Å². The lowest BCUT2D eigenvalue weighted by Gasteiger charge is -2.25. The summed E-state index contributed by atoms with van der Waals surface area (Å²) in [5.74, 6) is -2.39. The summed E-state index contributed by atoms with van der Waals surface area (Å²) in [6.07, 6.45) is -0.411. The normalized spacial score (nSPS) is 13.2. The molecule has 0 aliphatic rings. The van der Waals surface area contributed by atoms with Gasteiger partial charge in [-0.15, -0.1) is 0 Å². The molecule has 1 amide bonds. The molecule has 4 N–H and O–H groups in total. The third-order valence-electron chi connectivity index (χ3n) is 5.26. The van der Waals surface area contributed by atoms with Crippen molar-refractivity contribution in [1.29, 1.82) is 0 Å². The predicted molar refractivity (Wildman–Crippen MR) is 142 cm³/mol. The van der Waals surface area contributed by atoms with Crippen LogP contribution >= 0.6 is 22.6 Å². The van der Waals surface area contributed by atoms with Gasteiger partial charge in [0.25, 0.3) is 0 Å². The lowest BCUT2D eigenvalue weighted by Crippen LogP contribution is -2.49. The van der Waals surface area contributed by atoms with E-state index in [4.69, 9.17) is 4.42 Å². The number of benzene rings is 2. The Morgan fingerprint density at radius 2 is 1.89 bits per heavy atom. The summed E-state index contributed by atoms with van der Waals surface area (Å²) >= 11 is 2.20. The van der Waals surface area contributed by atoms with Crippen molar-refractivity contribution in [3.8, 4) is 0 Å². The van der Waals surface area contributed by atoms with Crippen molar-refractivity contribution in [2.24, 2.45) is 0 Å². The van der Waals surface area contributed by atoms with Crippen LogP contribution in [0.15, 0.2) is 53.1 Å². The van der Waals surface area contributed by atoms with Crippen molar-refractivity contribution < 1.29 is 31.5 Å². The predicted octanol–water partition coefficient (Wildman–Crippen LogP) is 2.74. The van der Waals surface area contributed by atoms with Gasteiger partial charge in [-0.2, -0.15) is 4.98 Å². The maximum absolute atomic E-state index is 13.7. The van der Waals surface area contributed by atoms with Gasteiger partial charge >= 0.3 is 0 Å². The van der Waals surface area contributed by atoms with Crippen LogP contribution in [0.2, 0.25) is 0 Å². The molecule has 0 aliphatic heterocycles. The summed E-state index contributed by atoms with van der Waals surface area (Å²) in [7, 11) is -3.57. The van der Waals surface area contributed by atoms with E-state index in [1.807, 2.05) is 24.3 Å². The number of nitrogens with zero attached hydrogens (tertiary/aromatic N) is 1. The van der Waals surface area contributed by atoms with Crippen LogP contribution in [-0.2, 0) is 34.2 Å². The van der Waals surface area contributed by atoms with E-state index in [9.17, 15) is 27.1 Å². The van der Waals surface area contributed by atoms with Crippen LogP contribution in [-0.4, -0.2) is 48.9 Å². The number of rotatable bonds is 13. The summed E-state index contributed by atoms with van der Waals surface area (Å²) in [6.45, 7) is 2.02. The first-order chi connectivity index (χ1) is 17.5. The van der Waals surface area contributed by atoms with Crippen LogP contribution in [0.25, 0.3) is 0 Å². The molecule has 37 heavy (non-hydrogen) atoms. The number of carbonyl (C=O) groups excluding carboxylic acids is 1. The van der Waals surface area contributed by atoms with E-state index in [0.29, 0.717) is 6.54 Å². The fourth-order valence-corrected chi connectivity index (χ4v) is 4.65. The Morgan fingerprint density at radius 3 is 2.57 bits per heavy atom. The molecule has 2 aromatic carbocycles. The molecule has 0 spiro atoms. The van der Waals surface area contributed by atoms with E-state index < -0.39 is 39.7 Å². The number of aliphatic hydroxyl groups excluding tert-OH is 1. The maximum atomic E-state index is 13.7. The van der Waals surface area contributed by atoms with E-state index in [1.54, 1.807) is 0 Å². The van der Waals surface area contributed by atoms with E-state index >= 15 is 0 Å². The van der Waals surface area contributed by atoms with Crippen LogP contribution in [0.5, 0.6) is 0 Å². The smallest absolute Gasteiger partial charge is 0.233 e. The van der Waals surface area contributed by atoms with Gasteiger partial charge in [-0.05, 0) is 71.3 Å². The van der Waals surface area contributed by atoms with Crippen molar-refractivity contribution in [2.45, 2.75) is 38.5 Å². The molecule has 0 aliphatic carbocycles. The number of amides is 1. The summed E-state index contributed by atoms with van der Waals surface area (Å²) in [5, 5.41) is 16.6. The number of halogens is 3. The van der Waals surface area contributed by atoms with Gasteiger partial charge in [0.15, 0.2) is 5.82 Å². The van der Waals surface area contributed by atoms with Crippen molar-refractivity contribution in [2.75, 3.05) is 17.0 Å². The van der Waals surface area contributed by atoms with Crippen LogP contribution in [0.4, 0.5) is 14.6 Å². The Kier molecular flexibility index (Phi) is 10.4. The first-order valence-electron chi connectivity index (χ1n) is 11.4. The summed E-state index contributed by atoms with van der Waals surface area (Å²) < 4.78 is 59.3. The fourth-order valence-electron chi connectivity index (χ4n) is 3.49. The van der Waals surface area contributed by atoms with Crippen molar-refractivity contribution in [3.05, 3.63) is 80.9 Å². The zero-order valence-electron chi connectivity index (χ0n) is 19.9. The van der Waals surface area contributed by atoms with Crippen molar-refractivity contribution >= 4 is 44.3 Å². The Balaban J connectivity index is 1.66. The highest BCUT2D eigenvalue weighted by Crippen LogP contribution is 2.14. The van der Waals surface area contributed by atoms with Crippen LogP contribution < -0.4 is 15.4 Å². The molecule has 0 saturated carbocycles. The quantitative estimate of drug-likeness (QED) is 0.210. The molecule has 3 rings (SSSR count). The average molecular weight is 648 g/mol. The lowest BCUT2D eigenvalue weighted by molar-refractivity contribution is -0.122. The molecule has 0 radical (unpaired) electrons. The number of aliphatic hydroxyl groups is 1. The molecule has 200 valence electrons. The Labute approximate surface area is 227 Å². The molecule has 1 heterocycles. The van der Waals surface area contributed by atoms with Crippen LogP contribution in [0.3, 0.4) is 0 Å². The zero-order valence-corrected chi connectivity index (χ0v) is 22.9. The molecule has 1 aromatic heterocycles. The van der Waals surface area contributed by atoms with E-state index in [0.717, 1.165) is 33.6 Å². The molecule has 0 saturated heterocycles. The molecule has 3 aromatic rings. The van der Waals surface area contributed by atoms with Gasteiger partial charge in [-0.3, -0.25) is 9.52 Å². The number of hydrogen-bond donors (Lipinski definition) is 4. The number of aromatic nitrogens is 1. The third-order valence-corrected chi connectivity index (χ3v) is 7.22. The highest BCUT2D eigenvalue weighted by molar-refractivity contribution is 14.1. The minimum Gasteiger partial charge on any atom is -0.446 e. The summed E-state index contributed by atoms with van der Waals surface area (Å²) in [4.78, 5) is 16.6. The van der Waals surface area contributed by atoms with Gasteiger partial charge in [0.1, 0.15) is 24.3 Å². The fraction of sp³-hybridized carbons (Fsp3) is 0.333. The van der Waals surface area contributed by atoms with Crippen LogP contribution in [0.1, 0.15) is 23.9 Å². The Bertz CT molecular complexity index is 1300. The Morgan fingerprint density at radius 1 is 1.16 bits per heavy atom. The molecular formula is C24H27F2IN4O5S. The molecule has 2 atom stereocenters. The number of oxazole rings is 1. The van der Waals surface area contributed by atoms with Gasteiger partial charge in [0, 0.05) is 22.7 Å². The monoisotopic (exact) mass is 648 g/mol. The van der Waals surface area contributed by atoms with Crippen molar-refractivity contribution in [1.82, 2.24) is 15.6 Å². The van der Waals surface area contributed by atoms with Crippen LogP contribution in [0, 0.1) is 15.2 Å². The minimum absolute atomic E-state index is 0.0420. The standard InChI is InChI=1S/C24H27F2IN4O5S/c1-2-37(34,35)31-22-14-36-24(30-22)11-23(33)29-20(9-16-6-17(25)10-18(26)7-16)21(32)13-28-12-15-4-3-5-19(27)8-15/h3-8,10,14,20-21,28,31-32H,2,9,11-13H2,1H3,(H,29,33)/t20-,21+/m0/s1. The second-order valence-corrected chi connectivity index (χ2v) is 11.5. The average Bonchev–Trinajstić information content (AvgIpc) is 3.23. The topological polar surface area (TPSA) is 134 Å². The van der Waals surface area contributed by atoms with E-state index in [-0.39, 0.29) is 42.4 Å². The van der Waals surface area contributed by atoms with Gasteiger partial charge in [0.05, 0.1) is 17.9 Å². The van der Waals surface area contributed by atoms with Gasteiger partial charge < -0.3 is 20.2 Å². The SMILES string of the molecule is CCS(=O)(=O)Nc1coc(CC(=O)N[C@@H](Cc2cc(F)cc(F)c2)[C@H](O)CNCc2cccc(I)c2)n1. The molecule has 13 heteroatoms. The first-order valence-corrected chi connectivity index (χ1v) is 14.1. The number of carbonyl (C=O) groups is 1. The van der Waals surface area contributed by atoms with Crippen molar-refractivity contribution in [3.63, 3.8) is 0 Å². The summed E-state index contributed by atoms with van der Waals surface area (Å²) in [5.41, 5.74) is 1.26. The number of nitrogens with one attached hydrogen (secondary N) is 3. The highest BCUT2D eigenvalue weighted by Gasteiger charge is 2.23. The number of hydrogen-bond acceptors (Lipinski definition) is 7. The minimum atomic E-state index is -3.57. The lowest BCUT2D eigenvalue weighted by atomic mass is 10.0. The molecule has 9 nitrogen and oxygen atoms in total.